The van der Waals surface area contributed by atoms with Gasteiger partial charge in [-0.05, 0) is 19.3 Å². The number of hydrogen-bond acceptors (Lipinski definition) is 3. The molecule has 2 aliphatic rings. The lowest BCUT2D eigenvalue weighted by atomic mass is 9.92. The van der Waals surface area contributed by atoms with E-state index in [2.05, 4.69) is 5.32 Å². The molecule has 3 heteroatoms. The Bertz CT molecular complexity index is 133. The molecule has 64 valence electrons. The first-order valence-electron chi connectivity index (χ1n) is 4.60. The summed E-state index contributed by atoms with van der Waals surface area (Å²) in [5, 5.41) is 5.54. The molecule has 1 saturated carbocycles. The molecule has 11 heavy (non-hydrogen) atoms. The summed E-state index contributed by atoms with van der Waals surface area (Å²) < 4.78 is 0. The van der Waals surface area contributed by atoms with Crippen LogP contribution in [0.4, 0.5) is 0 Å². The molecule has 0 aromatic heterocycles. The highest BCUT2D eigenvalue weighted by Gasteiger charge is 2.25. The van der Waals surface area contributed by atoms with Crippen LogP contribution in [0.5, 0.6) is 0 Å². The van der Waals surface area contributed by atoms with Gasteiger partial charge in [-0.25, -0.2) is 5.01 Å². The van der Waals surface area contributed by atoms with Gasteiger partial charge in [0.1, 0.15) is 0 Å². The second-order valence-electron chi connectivity index (χ2n) is 3.78. The zero-order valence-corrected chi connectivity index (χ0v) is 6.92. The molecule has 1 aliphatic carbocycles. The van der Waals surface area contributed by atoms with Gasteiger partial charge in [0.05, 0.1) is 0 Å². The van der Waals surface area contributed by atoms with Gasteiger partial charge in [-0.1, -0.05) is 6.42 Å². The number of rotatable bonds is 2. The molecule has 1 atom stereocenters. The van der Waals surface area contributed by atoms with Crippen LogP contribution < -0.4 is 11.2 Å². The fraction of sp³-hybridized carbons (Fsp3) is 1.00. The van der Waals surface area contributed by atoms with E-state index in [4.69, 9.17) is 5.84 Å². The molecule has 2 fully saturated rings. The van der Waals surface area contributed by atoms with Crippen LogP contribution in [-0.4, -0.2) is 30.2 Å². The summed E-state index contributed by atoms with van der Waals surface area (Å²) in [5.74, 6) is 5.65. The highest BCUT2D eigenvalue weighted by molar-refractivity contribution is 4.85. The molecule has 0 spiro atoms. The van der Waals surface area contributed by atoms with Gasteiger partial charge in [0, 0.05) is 25.2 Å². The maximum Gasteiger partial charge on any atom is 0.0283 e. The molecule has 1 unspecified atom stereocenters. The lowest BCUT2D eigenvalue weighted by molar-refractivity contribution is 0.289. The van der Waals surface area contributed by atoms with Crippen LogP contribution in [0.15, 0.2) is 0 Å². The Balaban J connectivity index is 1.70. The molecule has 1 saturated heterocycles. The van der Waals surface area contributed by atoms with E-state index in [1.807, 2.05) is 5.01 Å². The monoisotopic (exact) mass is 155 g/mol. The van der Waals surface area contributed by atoms with E-state index in [-0.39, 0.29) is 0 Å². The predicted molar refractivity (Wildman–Crippen MR) is 44.9 cm³/mol. The van der Waals surface area contributed by atoms with Crippen molar-refractivity contribution < 1.29 is 0 Å². The van der Waals surface area contributed by atoms with Crippen LogP contribution >= 0.6 is 0 Å². The first-order chi connectivity index (χ1) is 5.34. The Hall–Kier alpha value is -0.120. The van der Waals surface area contributed by atoms with Crippen molar-refractivity contribution in [3.8, 4) is 0 Å². The zero-order valence-electron chi connectivity index (χ0n) is 6.92. The second kappa shape index (κ2) is 3.09. The molecule has 3 nitrogen and oxygen atoms in total. The molecule has 1 heterocycles. The summed E-state index contributed by atoms with van der Waals surface area (Å²) in [6, 6.07) is 1.48. The normalized spacial score (nSPS) is 34.1. The van der Waals surface area contributed by atoms with Crippen LogP contribution in [0.1, 0.15) is 25.7 Å². The Kier molecular flexibility index (Phi) is 2.11. The van der Waals surface area contributed by atoms with E-state index >= 15 is 0 Å². The van der Waals surface area contributed by atoms with E-state index < -0.39 is 0 Å². The number of hydrogen-bond donors (Lipinski definition) is 2. The third kappa shape index (κ3) is 1.72. The van der Waals surface area contributed by atoms with Crippen molar-refractivity contribution in [2.45, 2.75) is 37.8 Å². The van der Waals surface area contributed by atoms with Crippen molar-refractivity contribution >= 4 is 0 Å². The molecular weight excluding hydrogens is 138 g/mol. The third-order valence-electron chi connectivity index (χ3n) is 2.80. The molecule has 0 aromatic rings. The summed E-state index contributed by atoms with van der Waals surface area (Å²) in [6.45, 7) is 2.10. The van der Waals surface area contributed by atoms with E-state index in [9.17, 15) is 0 Å². The van der Waals surface area contributed by atoms with E-state index in [1.54, 1.807) is 0 Å². The predicted octanol–water partition coefficient (Wildman–Crippen LogP) is 0.0765. The van der Waals surface area contributed by atoms with E-state index in [1.165, 1.54) is 25.7 Å². The van der Waals surface area contributed by atoms with Crippen molar-refractivity contribution in [1.82, 2.24) is 10.3 Å². The van der Waals surface area contributed by atoms with Gasteiger partial charge in [0.15, 0.2) is 0 Å². The van der Waals surface area contributed by atoms with Gasteiger partial charge in [-0.3, -0.25) is 5.84 Å². The standard InChI is InChI=1S/C8H17N3/c9-11-5-4-8(6-11)10-7-2-1-3-7/h7-8,10H,1-6,9H2. The minimum Gasteiger partial charge on any atom is -0.310 e. The van der Waals surface area contributed by atoms with Crippen LogP contribution in [0.2, 0.25) is 0 Å². The first kappa shape index (κ1) is 7.53. The Morgan fingerprint density at radius 2 is 2.00 bits per heavy atom. The summed E-state index contributed by atoms with van der Waals surface area (Å²) in [5.41, 5.74) is 0. The molecule has 3 N–H and O–H groups in total. The average Bonchev–Trinajstić information content (AvgIpc) is 2.27. The van der Waals surface area contributed by atoms with Crippen LogP contribution in [-0.2, 0) is 0 Å². The van der Waals surface area contributed by atoms with Crippen molar-refractivity contribution in [2.24, 2.45) is 5.84 Å². The summed E-state index contributed by atoms with van der Waals surface area (Å²) in [7, 11) is 0. The average molecular weight is 155 g/mol. The fourth-order valence-electron chi connectivity index (χ4n) is 1.83. The van der Waals surface area contributed by atoms with Crippen LogP contribution in [0, 0.1) is 0 Å². The molecule has 2 rings (SSSR count). The number of nitrogens with zero attached hydrogens (tertiary/aromatic N) is 1. The van der Waals surface area contributed by atoms with Crippen molar-refractivity contribution in [3.63, 3.8) is 0 Å². The van der Waals surface area contributed by atoms with Gasteiger partial charge in [-0.15, -0.1) is 0 Å². The molecule has 1 aliphatic heterocycles. The summed E-state index contributed by atoms with van der Waals surface area (Å²) in [4.78, 5) is 0. The maximum atomic E-state index is 5.65. The second-order valence-corrected chi connectivity index (χ2v) is 3.78. The van der Waals surface area contributed by atoms with Gasteiger partial charge in [0.2, 0.25) is 0 Å². The quantitative estimate of drug-likeness (QED) is 0.555. The number of hydrazine groups is 1. The number of nitrogens with two attached hydrogens (primary N) is 1. The molecule has 0 bridgehead atoms. The molecular formula is C8H17N3. The minimum absolute atomic E-state index is 0.672. The highest BCUT2D eigenvalue weighted by atomic mass is 15.4. The highest BCUT2D eigenvalue weighted by Crippen LogP contribution is 2.20. The summed E-state index contributed by atoms with van der Waals surface area (Å²) in [6.07, 6.45) is 5.39. The minimum atomic E-state index is 0.672. The van der Waals surface area contributed by atoms with Gasteiger partial charge >= 0.3 is 0 Å². The topological polar surface area (TPSA) is 41.3 Å². The van der Waals surface area contributed by atoms with Gasteiger partial charge < -0.3 is 5.32 Å². The smallest absolute Gasteiger partial charge is 0.0283 e. The maximum absolute atomic E-state index is 5.65. The van der Waals surface area contributed by atoms with Crippen LogP contribution in [0.3, 0.4) is 0 Å². The van der Waals surface area contributed by atoms with Crippen molar-refractivity contribution in [1.29, 1.82) is 0 Å². The Labute approximate surface area is 67.9 Å². The lowest BCUT2D eigenvalue weighted by Gasteiger charge is -2.29. The fourth-order valence-corrected chi connectivity index (χ4v) is 1.83. The van der Waals surface area contributed by atoms with Crippen LogP contribution in [0.25, 0.3) is 0 Å². The Morgan fingerprint density at radius 1 is 1.18 bits per heavy atom. The van der Waals surface area contributed by atoms with E-state index in [0.717, 1.165) is 19.1 Å². The Morgan fingerprint density at radius 3 is 2.45 bits per heavy atom. The largest absolute Gasteiger partial charge is 0.310 e. The zero-order chi connectivity index (χ0) is 7.68. The third-order valence-corrected chi connectivity index (χ3v) is 2.80. The first-order valence-corrected chi connectivity index (χ1v) is 4.60. The molecule has 0 radical (unpaired) electrons. The number of nitrogens with one attached hydrogen (secondary N) is 1. The summed E-state index contributed by atoms with van der Waals surface area (Å²) >= 11 is 0. The SMILES string of the molecule is NN1CCC(NC2CCC2)C1. The molecule has 0 amide bonds. The van der Waals surface area contributed by atoms with Crippen molar-refractivity contribution in [3.05, 3.63) is 0 Å². The lowest BCUT2D eigenvalue weighted by Crippen LogP contribution is -2.44. The van der Waals surface area contributed by atoms with E-state index in [0.29, 0.717) is 6.04 Å². The van der Waals surface area contributed by atoms with Crippen molar-refractivity contribution in [2.75, 3.05) is 13.1 Å². The van der Waals surface area contributed by atoms with Gasteiger partial charge in [-0.2, -0.15) is 0 Å². The molecule has 0 aromatic carbocycles. The van der Waals surface area contributed by atoms with Gasteiger partial charge in [0.25, 0.3) is 0 Å².